The molecule has 0 unspecified atom stereocenters. The normalized spacial score (nSPS) is 10.5. The zero-order valence-corrected chi connectivity index (χ0v) is 9.99. The van der Waals surface area contributed by atoms with Gasteiger partial charge in [0.05, 0.1) is 6.20 Å². The van der Waals surface area contributed by atoms with E-state index in [1.54, 1.807) is 17.1 Å². The minimum Gasteiger partial charge on any atom is -0.275 e. The fraction of sp³-hybridized carbons (Fsp3) is 0.0714. The molecule has 88 valence electrons. The van der Waals surface area contributed by atoms with Crippen LogP contribution in [0.5, 0.6) is 0 Å². The summed E-state index contributed by atoms with van der Waals surface area (Å²) in [6.07, 6.45) is 7.34. The van der Waals surface area contributed by atoms with Gasteiger partial charge in [-0.2, -0.15) is 5.10 Å². The molecular formula is C14H12N4. The fourth-order valence-electron chi connectivity index (χ4n) is 1.86. The lowest BCUT2D eigenvalue weighted by Gasteiger charge is -2.02. The van der Waals surface area contributed by atoms with Gasteiger partial charge in [0.2, 0.25) is 0 Å². The molecule has 0 aliphatic heterocycles. The fourth-order valence-corrected chi connectivity index (χ4v) is 1.86. The Morgan fingerprint density at radius 3 is 2.44 bits per heavy atom. The lowest BCUT2D eigenvalue weighted by Crippen LogP contribution is -1.87. The molecule has 0 spiro atoms. The third-order valence-electron chi connectivity index (χ3n) is 2.72. The zero-order chi connectivity index (χ0) is 12.4. The number of aromatic nitrogens is 4. The van der Waals surface area contributed by atoms with E-state index in [1.165, 1.54) is 0 Å². The van der Waals surface area contributed by atoms with Crippen molar-refractivity contribution in [3.05, 3.63) is 55.1 Å². The Bertz CT molecular complexity index is 658. The van der Waals surface area contributed by atoms with Crippen LogP contribution in [-0.2, 0) is 7.05 Å². The monoisotopic (exact) mass is 236 g/mol. The molecule has 0 atom stereocenters. The first-order chi connectivity index (χ1) is 8.83. The van der Waals surface area contributed by atoms with Gasteiger partial charge in [-0.25, -0.2) is 9.97 Å². The summed E-state index contributed by atoms with van der Waals surface area (Å²) in [6.45, 7) is 0. The average Bonchev–Trinajstić information content (AvgIpc) is 2.87. The quantitative estimate of drug-likeness (QED) is 0.686. The summed E-state index contributed by atoms with van der Waals surface area (Å²) < 4.78 is 1.79. The molecule has 0 amide bonds. The summed E-state index contributed by atoms with van der Waals surface area (Å²) in [4.78, 5) is 8.51. The van der Waals surface area contributed by atoms with Crippen molar-refractivity contribution in [3.8, 4) is 22.5 Å². The van der Waals surface area contributed by atoms with Gasteiger partial charge in [-0.3, -0.25) is 4.68 Å². The van der Waals surface area contributed by atoms with Crippen LogP contribution >= 0.6 is 0 Å². The van der Waals surface area contributed by atoms with Crippen molar-refractivity contribution >= 4 is 0 Å². The Labute approximate surface area is 105 Å². The van der Waals surface area contributed by atoms with Crippen LogP contribution in [0.1, 0.15) is 0 Å². The van der Waals surface area contributed by atoms with Crippen LogP contribution in [-0.4, -0.2) is 19.7 Å². The molecule has 4 heteroatoms. The smallest absolute Gasteiger partial charge is 0.159 e. The molecule has 2 aromatic heterocycles. The number of hydrogen-bond acceptors (Lipinski definition) is 3. The van der Waals surface area contributed by atoms with Crippen molar-refractivity contribution in [1.82, 2.24) is 19.7 Å². The van der Waals surface area contributed by atoms with Crippen molar-refractivity contribution < 1.29 is 0 Å². The third kappa shape index (κ3) is 2.00. The molecule has 0 radical (unpaired) electrons. The highest BCUT2D eigenvalue weighted by Gasteiger charge is 2.04. The van der Waals surface area contributed by atoms with E-state index in [2.05, 4.69) is 27.2 Å². The van der Waals surface area contributed by atoms with Crippen LogP contribution in [0.2, 0.25) is 0 Å². The lowest BCUT2D eigenvalue weighted by molar-refractivity contribution is 0.768. The predicted molar refractivity (Wildman–Crippen MR) is 69.7 cm³/mol. The van der Waals surface area contributed by atoms with Crippen LogP contribution in [0.3, 0.4) is 0 Å². The first-order valence-electron chi connectivity index (χ1n) is 5.69. The Morgan fingerprint density at radius 1 is 0.944 bits per heavy atom. The number of rotatable bonds is 2. The van der Waals surface area contributed by atoms with Gasteiger partial charge in [-0.15, -0.1) is 0 Å². The van der Waals surface area contributed by atoms with Gasteiger partial charge in [0.1, 0.15) is 0 Å². The highest BCUT2D eigenvalue weighted by atomic mass is 15.2. The topological polar surface area (TPSA) is 43.6 Å². The van der Waals surface area contributed by atoms with Crippen molar-refractivity contribution in [3.63, 3.8) is 0 Å². The molecule has 0 saturated carbocycles. The second-order valence-electron chi connectivity index (χ2n) is 4.06. The van der Waals surface area contributed by atoms with E-state index < -0.39 is 0 Å². The van der Waals surface area contributed by atoms with Crippen LogP contribution < -0.4 is 0 Å². The molecule has 0 aliphatic rings. The summed E-state index contributed by atoms with van der Waals surface area (Å²) in [5.74, 6) is 0.739. The standard InChI is InChI=1S/C14H12N4/c1-18-10-13(9-17-18)11-4-2-5-12(8-11)14-15-6-3-7-16-14/h2-10H,1H3. The minimum absolute atomic E-state index is 0.739. The number of aryl methyl sites for hydroxylation is 1. The van der Waals surface area contributed by atoms with E-state index in [0.29, 0.717) is 0 Å². The minimum atomic E-state index is 0.739. The molecule has 0 aliphatic carbocycles. The SMILES string of the molecule is Cn1cc(-c2cccc(-c3ncccn3)c2)cn1. The first kappa shape index (κ1) is 10.7. The molecule has 0 saturated heterocycles. The van der Waals surface area contributed by atoms with E-state index in [-0.39, 0.29) is 0 Å². The zero-order valence-electron chi connectivity index (χ0n) is 9.99. The molecule has 4 nitrogen and oxygen atoms in total. The van der Waals surface area contributed by atoms with E-state index in [1.807, 2.05) is 37.6 Å². The van der Waals surface area contributed by atoms with Crippen LogP contribution in [0, 0.1) is 0 Å². The third-order valence-corrected chi connectivity index (χ3v) is 2.72. The number of hydrogen-bond donors (Lipinski definition) is 0. The Hall–Kier alpha value is -2.49. The van der Waals surface area contributed by atoms with Crippen molar-refractivity contribution in [2.75, 3.05) is 0 Å². The number of nitrogens with zero attached hydrogens (tertiary/aromatic N) is 4. The Balaban J connectivity index is 2.05. The molecule has 3 aromatic rings. The molecule has 0 bridgehead atoms. The van der Waals surface area contributed by atoms with E-state index >= 15 is 0 Å². The second-order valence-corrected chi connectivity index (χ2v) is 4.06. The summed E-state index contributed by atoms with van der Waals surface area (Å²) in [7, 11) is 1.91. The average molecular weight is 236 g/mol. The molecule has 18 heavy (non-hydrogen) atoms. The summed E-state index contributed by atoms with van der Waals surface area (Å²) in [6, 6.07) is 9.97. The van der Waals surface area contributed by atoms with Gasteiger partial charge in [0.25, 0.3) is 0 Å². The molecule has 3 rings (SSSR count). The van der Waals surface area contributed by atoms with Gasteiger partial charge in [0.15, 0.2) is 5.82 Å². The Morgan fingerprint density at radius 2 is 1.72 bits per heavy atom. The van der Waals surface area contributed by atoms with Crippen LogP contribution in [0.25, 0.3) is 22.5 Å². The van der Waals surface area contributed by atoms with Crippen molar-refractivity contribution in [1.29, 1.82) is 0 Å². The second kappa shape index (κ2) is 4.41. The van der Waals surface area contributed by atoms with Gasteiger partial charge in [0, 0.05) is 36.8 Å². The van der Waals surface area contributed by atoms with Gasteiger partial charge in [-0.05, 0) is 17.7 Å². The maximum Gasteiger partial charge on any atom is 0.159 e. The first-order valence-corrected chi connectivity index (χ1v) is 5.69. The van der Waals surface area contributed by atoms with E-state index in [9.17, 15) is 0 Å². The molecule has 0 fully saturated rings. The predicted octanol–water partition coefficient (Wildman–Crippen LogP) is 2.54. The largest absolute Gasteiger partial charge is 0.275 e. The molecule has 1 aromatic carbocycles. The van der Waals surface area contributed by atoms with E-state index in [0.717, 1.165) is 22.5 Å². The van der Waals surface area contributed by atoms with Crippen LogP contribution in [0.4, 0.5) is 0 Å². The maximum absolute atomic E-state index is 4.26. The lowest BCUT2D eigenvalue weighted by atomic mass is 10.1. The van der Waals surface area contributed by atoms with Gasteiger partial charge in [-0.1, -0.05) is 18.2 Å². The summed E-state index contributed by atoms with van der Waals surface area (Å²) in [5, 5.41) is 4.18. The van der Waals surface area contributed by atoms with Crippen molar-refractivity contribution in [2.45, 2.75) is 0 Å². The molecule has 2 heterocycles. The van der Waals surface area contributed by atoms with Crippen LogP contribution in [0.15, 0.2) is 55.1 Å². The number of benzene rings is 1. The maximum atomic E-state index is 4.26. The Kier molecular flexibility index (Phi) is 2.61. The van der Waals surface area contributed by atoms with E-state index in [4.69, 9.17) is 0 Å². The highest BCUT2D eigenvalue weighted by Crippen LogP contribution is 2.23. The van der Waals surface area contributed by atoms with Gasteiger partial charge < -0.3 is 0 Å². The molecule has 0 N–H and O–H groups in total. The summed E-state index contributed by atoms with van der Waals surface area (Å²) in [5.41, 5.74) is 3.22. The van der Waals surface area contributed by atoms with Gasteiger partial charge >= 0.3 is 0 Å². The van der Waals surface area contributed by atoms with Crippen molar-refractivity contribution in [2.24, 2.45) is 7.05 Å². The molecular weight excluding hydrogens is 224 g/mol. The summed E-state index contributed by atoms with van der Waals surface area (Å²) >= 11 is 0. The highest BCUT2D eigenvalue weighted by molar-refractivity contribution is 5.69.